The van der Waals surface area contributed by atoms with Gasteiger partial charge >= 0.3 is 0 Å². The van der Waals surface area contributed by atoms with Gasteiger partial charge in [0.1, 0.15) is 0 Å². The summed E-state index contributed by atoms with van der Waals surface area (Å²) in [7, 11) is 4.39. The van der Waals surface area contributed by atoms with Crippen molar-refractivity contribution in [2.45, 2.75) is 12.1 Å². The van der Waals surface area contributed by atoms with Gasteiger partial charge in [-0.2, -0.15) is 0 Å². The Labute approximate surface area is 67.9 Å². The van der Waals surface area contributed by atoms with Crippen LogP contribution in [0.15, 0.2) is 0 Å². The van der Waals surface area contributed by atoms with E-state index in [2.05, 4.69) is 23.9 Å². The minimum absolute atomic E-state index is 0.647. The molecule has 0 bridgehead atoms. The third-order valence-electron chi connectivity index (χ3n) is 2.96. The standard InChI is InChI=1S/C8H16N2O/c1-9-3-4-10(2)8-6-11-5-7(8)9/h7-8H,3-6H2,1-2H3. The normalized spacial score (nSPS) is 40.9. The Morgan fingerprint density at radius 1 is 1.00 bits per heavy atom. The van der Waals surface area contributed by atoms with Crippen molar-refractivity contribution in [2.75, 3.05) is 40.4 Å². The summed E-state index contributed by atoms with van der Waals surface area (Å²) in [4.78, 5) is 4.83. The Balaban J connectivity index is 2.08. The van der Waals surface area contributed by atoms with Gasteiger partial charge in [-0.15, -0.1) is 0 Å². The minimum Gasteiger partial charge on any atom is -0.378 e. The second kappa shape index (κ2) is 2.73. The summed E-state index contributed by atoms with van der Waals surface area (Å²) in [5, 5.41) is 0. The largest absolute Gasteiger partial charge is 0.378 e. The number of ether oxygens (including phenoxy) is 1. The summed E-state index contributed by atoms with van der Waals surface area (Å²) < 4.78 is 5.45. The van der Waals surface area contributed by atoms with Gasteiger partial charge in [0.05, 0.1) is 25.3 Å². The maximum Gasteiger partial charge on any atom is 0.0638 e. The number of fused-ring (bicyclic) bond motifs is 1. The average molecular weight is 156 g/mol. The lowest BCUT2D eigenvalue weighted by atomic mass is 10.1. The molecule has 0 radical (unpaired) electrons. The molecule has 2 atom stereocenters. The quantitative estimate of drug-likeness (QED) is 0.476. The number of nitrogens with zero attached hydrogens (tertiary/aromatic N) is 2. The molecule has 64 valence electrons. The molecule has 2 aliphatic rings. The van der Waals surface area contributed by atoms with Gasteiger partial charge < -0.3 is 4.74 Å². The summed E-state index contributed by atoms with van der Waals surface area (Å²) >= 11 is 0. The summed E-state index contributed by atoms with van der Waals surface area (Å²) in [6.07, 6.45) is 0. The summed E-state index contributed by atoms with van der Waals surface area (Å²) in [5.41, 5.74) is 0. The molecule has 2 unspecified atom stereocenters. The lowest BCUT2D eigenvalue weighted by molar-refractivity contribution is 0.0831. The Bertz CT molecular complexity index is 135. The third kappa shape index (κ3) is 1.17. The first-order valence-corrected chi connectivity index (χ1v) is 4.27. The number of piperazine rings is 1. The van der Waals surface area contributed by atoms with E-state index in [1.165, 1.54) is 13.1 Å². The molecule has 0 aromatic carbocycles. The zero-order valence-electron chi connectivity index (χ0n) is 7.29. The van der Waals surface area contributed by atoms with Crippen LogP contribution in [0.4, 0.5) is 0 Å². The van der Waals surface area contributed by atoms with E-state index >= 15 is 0 Å². The van der Waals surface area contributed by atoms with E-state index < -0.39 is 0 Å². The van der Waals surface area contributed by atoms with Crippen LogP contribution in [0, 0.1) is 0 Å². The van der Waals surface area contributed by atoms with Crippen molar-refractivity contribution < 1.29 is 4.74 Å². The Morgan fingerprint density at radius 3 is 1.91 bits per heavy atom. The predicted molar refractivity (Wildman–Crippen MR) is 43.7 cm³/mol. The zero-order chi connectivity index (χ0) is 7.84. The minimum atomic E-state index is 0.647. The number of likely N-dealkylation sites (N-methyl/N-ethyl adjacent to an activating group) is 2. The van der Waals surface area contributed by atoms with Gasteiger partial charge in [-0.1, -0.05) is 0 Å². The summed E-state index contributed by atoms with van der Waals surface area (Å²) in [6, 6.07) is 1.29. The van der Waals surface area contributed by atoms with Crippen LogP contribution in [0.1, 0.15) is 0 Å². The Kier molecular flexibility index (Phi) is 1.87. The van der Waals surface area contributed by atoms with E-state index in [4.69, 9.17) is 4.74 Å². The highest BCUT2D eigenvalue weighted by molar-refractivity contribution is 4.92. The van der Waals surface area contributed by atoms with Crippen molar-refractivity contribution >= 4 is 0 Å². The van der Waals surface area contributed by atoms with E-state index in [1.807, 2.05) is 0 Å². The van der Waals surface area contributed by atoms with Gasteiger partial charge in [-0.05, 0) is 14.1 Å². The molecule has 0 N–H and O–H groups in total. The monoisotopic (exact) mass is 156 g/mol. The van der Waals surface area contributed by atoms with E-state index in [9.17, 15) is 0 Å². The predicted octanol–water partition coefficient (Wildman–Crippen LogP) is -0.369. The topological polar surface area (TPSA) is 15.7 Å². The summed E-state index contributed by atoms with van der Waals surface area (Å²) in [5.74, 6) is 0. The van der Waals surface area contributed by atoms with Crippen LogP contribution in [0.3, 0.4) is 0 Å². The van der Waals surface area contributed by atoms with Gasteiger partial charge in [0.15, 0.2) is 0 Å². The first kappa shape index (κ1) is 7.53. The maximum absolute atomic E-state index is 5.45. The molecule has 11 heavy (non-hydrogen) atoms. The molecular weight excluding hydrogens is 140 g/mol. The van der Waals surface area contributed by atoms with Crippen LogP contribution >= 0.6 is 0 Å². The second-order valence-corrected chi connectivity index (χ2v) is 3.63. The lowest BCUT2D eigenvalue weighted by Crippen LogP contribution is -2.56. The van der Waals surface area contributed by atoms with Crippen molar-refractivity contribution in [1.29, 1.82) is 0 Å². The van der Waals surface area contributed by atoms with E-state index in [1.54, 1.807) is 0 Å². The smallest absolute Gasteiger partial charge is 0.0638 e. The Hall–Kier alpha value is -0.120. The van der Waals surface area contributed by atoms with Gasteiger partial charge in [0.2, 0.25) is 0 Å². The number of hydrogen-bond donors (Lipinski definition) is 0. The van der Waals surface area contributed by atoms with Crippen molar-refractivity contribution in [3.05, 3.63) is 0 Å². The first-order chi connectivity index (χ1) is 5.29. The van der Waals surface area contributed by atoms with Crippen molar-refractivity contribution in [3.8, 4) is 0 Å². The van der Waals surface area contributed by atoms with Gasteiger partial charge in [-0.25, -0.2) is 0 Å². The van der Waals surface area contributed by atoms with Crippen molar-refractivity contribution in [3.63, 3.8) is 0 Å². The van der Waals surface area contributed by atoms with Crippen molar-refractivity contribution in [1.82, 2.24) is 9.80 Å². The number of hydrogen-bond acceptors (Lipinski definition) is 3. The molecular formula is C8H16N2O. The molecule has 0 aromatic rings. The van der Waals surface area contributed by atoms with Crippen LogP contribution in [-0.4, -0.2) is 62.3 Å². The second-order valence-electron chi connectivity index (χ2n) is 3.63. The zero-order valence-corrected chi connectivity index (χ0v) is 7.29. The third-order valence-corrected chi connectivity index (χ3v) is 2.96. The lowest BCUT2D eigenvalue weighted by Gasteiger charge is -2.39. The average Bonchev–Trinajstić information content (AvgIpc) is 2.45. The van der Waals surface area contributed by atoms with Gasteiger partial charge in [-0.3, -0.25) is 9.80 Å². The molecule has 2 saturated heterocycles. The number of rotatable bonds is 0. The molecule has 3 heteroatoms. The van der Waals surface area contributed by atoms with Crippen LogP contribution in [0.5, 0.6) is 0 Å². The first-order valence-electron chi connectivity index (χ1n) is 4.27. The van der Waals surface area contributed by atoms with Crippen molar-refractivity contribution in [2.24, 2.45) is 0 Å². The molecule has 0 saturated carbocycles. The molecule has 2 heterocycles. The van der Waals surface area contributed by atoms with Crippen LogP contribution < -0.4 is 0 Å². The molecule has 0 aliphatic carbocycles. The molecule has 2 rings (SSSR count). The fourth-order valence-corrected chi connectivity index (χ4v) is 2.02. The molecule has 3 nitrogen and oxygen atoms in total. The molecule has 2 fully saturated rings. The molecule has 0 spiro atoms. The SMILES string of the molecule is CN1CCN(C)C2COCC21. The highest BCUT2D eigenvalue weighted by Gasteiger charge is 2.37. The fourth-order valence-electron chi connectivity index (χ4n) is 2.02. The fraction of sp³-hybridized carbons (Fsp3) is 1.00. The molecule has 0 aromatic heterocycles. The van der Waals surface area contributed by atoms with Gasteiger partial charge in [0, 0.05) is 13.1 Å². The maximum atomic E-state index is 5.45. The van der Waals surface area contributed by atoms with Crippen LogP contribution in [0.2, 0.25) is 0 Å². The highest BCUT2D eigenvalue weighted by Crippen LogP contribution is 2.19. The molecule has 0 amide bonds. The molecule has 2 aliphatic heterocycles. The van der Waals surface area contributed by atoms with E-state index in [0.29, 0.717) is 12.1 Å². The van der Waals surface area contributed by atoms with E-state index in [0.717, 1.165) is 13.2 Å². The Morgan fingerprint density at radius 2 is 1.45 bits per heavy atom. The summed E-state index contributed by atoms with van der Waals surface area (Å²) in [6.45, 7) is 4.21. The highest BCUT2D eigenvalue weighted by atomic mass is 16.5. The van der Waals surface area contributed by atoms with Crippen LogP contribution in [0.25, 0.3) is 0 Å². The van der Waals surface area contributed by atoms with E-state index in [-0.39, 0.29) is 0 Å². The van der Waals surface area contributed by atoms with Crippen LogP contribution in [-0.2, 0) is 4.74 Å². The van der Waals surface area contributed by atoms with Gasteiger partial charge in [0.25, 0.3) is 0 Å².